The maximum Gasteiger partial charge on any atom is 0.117 e. The molecular weight excluding hydrogens is 216 g/mol. The zero-order valence-corrected chi connectivity index (χ0v) is 9.77. The van der Waals surface area contributed by atoms with Gasteiger partial charge in [-0.15, -0.1) is 0 Å². The Morgan fingerprint density at radius 1 is 1.47 bits per heavy atom. The van der Waals surface area contributed by atoms with E-state index in [1.165, 1.54) is 10.9 Å². The van der Waals surface area contributed by atoms with Gasteiger partial charge in [0.2, 0.25) is 0 Å². The molecule has 1 aromatic heterocycles. The fourth-order valence-corrected chi connectivity index (χ4v) is 2.85. The standard InChI is InChI=1S/C13H16N2O2/c1-15-12-6-8(17)2-3-9(12)10-4-5-14-11(7-16)13(10)15/h2-3,6,11,14,16-17H,4-5,7H2,1H3. The number of nitrogens with zero attached hydrogens (tertiary/aromatic N) is 1. The first-order chi connectivity index (χ1) is 8.22. The zero-order chi connectivity index (χ0) is 12.0. The van der Waals surface area contributed by atoms with Crippen LogP contribution in [0, 0.1) is 0 Å². The summed E-state index contributed by atoms with van der Waals surface area (Å²) in [5.74, 6) is 0.281. The second-order valence-electron chi connectivity index (χ2n) is 4.56. The van der Waals surface area contributed by atoms with Crippen LogP contribution in [0.4, 0.5) is 0 Å². The second-order valence-corrected chi connectivity index (χ2v) is 4.56. The van der Waals surface area contributed by atoms with E-state index in [1.807, 2.05) is 13.1 Å². The minimum atomic E-state index is -0.00158. The van der Waals surface area contributed by atoms with Crippen LogP contribution in [-0.4, -0.2) is 27.9 Å². The number of aromatic nitrogens is 1. The molecule has 3 N–H and O–H groups in total. The topological polar surface area (TPSA) is 57.4 Å². The molecule has 0 radical (unpaired) electrons. The molecule has 90 valence electrons. The smallest absolute Gasteiger partial charge is 0.117 e. The lowest BCUT2D eigenvalue weighted by molar-refractivity contribution is 0.235. The Morgan fingerprint density at radius 3 is 3.06 bits per heavy atom. The van der Waals surface area contributed by atoms with Crippen molar-refractivity contribution in [2.24, 2.45) is 7.05 Å². The molecule has 4 heteroatoms. The number of nitrogens with one attached hydrogen (secondary N) is 1. The van der Waals surface area contributed by atoms with Gasteiger partial charge in [0.05, 0.1) is 18.2 Å². The van der Waals surface area contributed by atoms with Crippen LogP contribution in [-0.2, 0) is 13.5 Å². The minimum absolute atomic E-state index is 0.00158. The van der Waals surface area contributed by atoms with Crippen LogP contribution in [0.5, 0.6) is 5.75 Å². The Bertz CT molecular complexity index is 574. The number of rotatable bonds is 1. The van der Waals surface area contributed by atoms with Crippen LogP contribution in [0.2, 0.25) is 0 Å². The van der Waals surface area contributed by atoms with Crippen molar-refractivity contribution in [3.8, 4) is 5.75 Å². The fraction of sp³-hybridized carbons (Fsp3) is 0.385. The van der Waals surface area contributed by atoms with E-state index < -0.39 is 0 Å². The largest absolute Gasteiger partial charge is 0.508 e. The SMILES string of the molecule is Cn1c2c(c3ccc(O)cc31)CCNC2CO. The van der Waals surface area contributed by atoms with Crippen LogP contribution >= 0.6 is 0 Å². The van der Waals surface area contributed by atoms with Gasteiger partial charge in [-0.2, -0.15) is 0 Å². The Labute approximate surface area is 99.5 Å². The number of aliphatic hydroxyl groups is 1. The molecule has 0 aliphatic carbocycles. The summed E-state index contributed by atoms with van der Waals surface area (Å²) in [6, 6.07) is 5.46. The van der Waals surface area contributed by atoms with E-state index in [4.69, 9.17) is 0 Å². The van der Waals surface area contributed by atoms with E-state index in [-0.39, 0.29) is 18.4 Å². The highest BCUT2D eigenvalue weighted by Gasteiger charge is 2.25. The molecule has 17 heavy (non-hydrogen) atoms. The molecule has 1 aromatic carbocycles. The van der Waals surface area contributed by atoms with Crippen LogP contribution < -0.4 is 5.32 Å². The van der Waals surface area contributed by atoms with Gasteiger partial charge in [0.15, 0.2) is 0 Å². The highest BCUT2D eigenvalue weighted by molar-refractivity contribution is 5.87. The molecule has 0 saturated heterocycles. The molecule has 2 heterocycles. The summed E-state index contributed by atoms with van der Waals surface area (Å²) in [7, 11) is 1.98. The Hall–Kier alpha value is -1.52. The molecule has 2 aromatic rings. The number of aryl methyl sites for hydroxylation is 1. The molecule has 1 aliphatic heterocycles. The van der Waals surface area contributed by atoms with Crippen LogP contribution in [0.25, 0.3) is 10.9 Å². The first-order valence-electron chi connectivity index (χ1n) is 5.87. The van der Waals surface area contributed by atoms with Gasteiger partial charge in [-0.05, 0) is 30.7 Å². The van der Waals surface area contributed by atoms with E-state index in [9.17, 15) is 10.2 Å². The van der Waals surface area contributed by atoms with Crippen molar-refractivity contribution in [3.05, 3.63) is 29.5 Å². The van der Waals surface area contributed by atoms with Gasteiger partial charge in [0.1, 0.15) is 5.75 Å². The third-order valence-corrected chi connectivity index (χ3v) is 3.62. The van der Waals surface area contributed by atoms with E-state index in [0.29, 0.717) is 0 Å². The molecule has 4 nitrogen and oxygen atoms in total. The molecule has 0 bridgehead atoms. The van der Waals surface area contributed by atoms with Crippen molar-refractivity contribution in [3.63, 3.8) is 0 Å². The number of fused-ring (bicyclic) bond motifs is 3. The zero-order valence-electron chi connectivity index (χ0n) is 9.77. The van der Waals surface area contributed by atoms with Gasteiger partial charge in [-0.3, -0.25) is 0 Å². The van der Waals surface area contributed by atoms with E-state index in [2.05, 4.69) is 9.88 Å². The first-order valence-corrected chi connectivity index (χ1v) is 5.87. The first kappa shape index (κ1) is 10.6. The normalized spacial score (nSPS) is 19.5. The summed E-state index contributed by atoms with van der Waals surface area (Å²) < 4.78 is 2.07. The van der Waals surface area contributed by atoms with Gasteiger partial charge in [-0.25, -0.2) is 0 Å². The van der Waals surface area contributed by atoms with Gasteiger partial charge < -0.3 is 20.1 Å². The fourth-order valence-electron chi connectivity index (χ4n) is 2.85. The molecule has 0 spiro atoms. The lowest BCUT2D eigenvalue weighted by Gasteiger charge is -2.24. The molecular formula is C13H16N2O2. The molecule has 0 fully saturated rings. The maximum absolute atomic E-state index is 9.56. The van der Waals surface area contributed by atoms with E-state index in [1.54, 1.807) is 12.1 Å². The van der Waals surface area contributed by atoms with E-state index >= 15 is 0 Å². The predicted octanol–water partition coefficient (Wildman–Crippen LogP) is 1.06. The minimum Gasteiger partial charge on any atom is -0.508 e. The van der Waals surface area contributed by atoms with Crippen LogP contribution in [0.3, 0.4) is 0 Å². The molecule has 3 rings (SSSR count). The average molecular weight is 232 g/mol. The summed E-state index contributed by atoms with van der Waals surface area (Å²) in [5.41, 5.74) is 3.46. The highest BCUT2D eigenvalue weighted by atomic mass is 16.3. The summed E-state index contributed by atoms with van der Waals surface area (Å²) >= 11 is 0. The van der Waals surface area contributed by atoms with Crippen LogP contribution in [0.1, 0.15) is 17.3 Å². The quantitative estimate of drug-likeness (QED) is 0.689. The Morgan fingerprint density at radius 2 is 2.29 bits per heavy atom. The lowest BCUT2D eigenvalue weighted by atomic mass is 9.99. The summed E-state index contributed by atoms with van der Waals surface area (Å²) in [6.07, 6.45) is 0.966. The molecule has 0 amide bonds. The summed E-state index contributed by atoms with van der Waals surface area (Å²) in [4.78, 5) is 0. The highest BCUT2D eigenvalue weighted by Crippen LogP contribution is 2.33. The van der Waals surface area contributed by atoms with Gasteiger partial charge in [-0.1, -0.05) is 0 Å². The van der Waals surface area contributed by atoms with Crippen molar-refractivity contribution in [2.45, 2.75) is 12.5 Å². The molecule has 1 atom stereocenters. The number of phenolic OH excluding ortho intramolecular Hbond substituents is 1. The van der Waals surface area contributed by atoms with Crippen molar-refractivity contribution < 1.29 is 10.2 Å². The Kier molecular flexibility index (Phi) is 2.34. The average Bonchev–Trinajstić information content (AvgIpc) is 2.63. The lowest BCUT2D eigenvalue weighted by Crippen LogP contribution is -2.33. The Balaban J connectivity index is 2.33. The third kappa shape index (κ3) is 1.45. The monoisotopic (exact) mass is 232 g/mol. The summed E-state index contributed by atoms with van der Waals surface area (Å²) in [6.45, 7) is 0.987. The van der Waals surface area contributed by atoms with Crippen molar-refractivity contribution in [1.29, 1.82) is 0 Å². The number of hydrogen-bond acceptors (Lipinski definition) is 3. The van der Waals surface area contributed by atoms with Gasteiger partial charge in [0.25, 0.3) is 0 Å². The number of aromatic hydroxyl groups is 1. The van der Waals surface area contributed by atoms with E-state index in [0.717, 1.165) is 24.2 Å². The summed E-state index contributed by atoms with van der Waals surface area (Å²) in [5, 5.41) is 23.5. The number of hydrogen-bond donors (Lipinski definition) is 3. The van der Waals surface area contributed by atoms with Crippen molar-refractivity contribution in [2.75, 3.05) is 13.2 Å². The predicted molar refractivity (Wildman–Crippen MR) is 66.1 cm³/mol. The maximum atomic E-state index is 9.56. The number of benzene rings is 1. The second kappa shape index (κ2) is 3.75. The molecule has 1 aliphatic rings. The molecule has 0 saturated carbocycles. The van der Waals surface area contributed by atoms with Gasteiger partial charge in [0, 0.05) is 24.2 Å². The van der Waals surface area contributed by atoms with Crippen molar-refractivity contribution in [1.82, 2.24) is 9.88 Å². The van der Waals surface area contributed by atoms with Crippen molar-refractivity contribution >= 4 is 10.9 Å². The number of aliphatic hydroxyl groups excluding tert-OH is 1. The number of phenols is 1. The van der Waals surface area contributed by atoms with Crippen LogP contribution in [0.15, 0.2) is 18.2 Å². The molecule has 1 unspecified atom stereocenters. The van der Waals surface area contributed by atoms with Gasteiger partial charge >= 0.3 is 0 Å². The third-order valence-electron chi connectivity index (χ3n) is 3.62.